The Balaban J connectivity index is 1.81. The predicted octanol–water partition coefficient (Wildman–Crippen LogP) is 3.39. The Kier molecular flexibility index (Phi) is 3.86. The molecule has 1 aliphatic rings. The van der Waals surface area contributed by atoms with Crippen molar-refractivity contribution in [1.29, 1.82) is 0 Å². The van der Waals surface area contributed by atoms with Crippen LogP contribution in [0.15, 0.2) is 48.5 Å². The average molecular weight is 315 g/mol. The fraction of sp³-hybridized carbons (Fsp3) is 0.176. The molecule has 2 aromatic rings. The number of amides is 2. The molecule has 22 heavy (non-hydrogen) atoms. The third-order valence-electron chi connectivity index (χ3n) is 3.61. The average Bonchev–Trinajstić information content (AvgIpc) is 2.76. The first-order valence-corrected chi connectivity index (χ1v) is 7.38. The molecule has 1 saturated heterocycles. The van der Waals surface area contributed by atoms with Crippen molar-refractivity contribution < 1.29 is 9.59 Å². The Labute approximate surface area is 133 Å². The molecule has 0 bridgehead atoms. The number of hydrogen-bond donors (Lipinski definition) is 1. The summed E-state index contributed by atoms with van der Waals surface area (Å²) in [5.74, 6) is -0.482. The second kappa shape index (κ2) is 5.81. The maximum atomic E-state index is 12.5. The lowest BCUT2D eigenvalue weighted by molar-refractivity contribution is -0.121. The van der Waals surface area contributed by atoms with Crippen LogP contribution in [0.4, 0.5) is 11.4 Å². The molecule has 1 N–H and O–H groups in total. The van der Waals surface area contributed by atoms with E-state index in [1.807, 2.05) is 31.2 Å². The highest BCUT2D eigenvalue weighted by Crippen LogP contribution is 2.27. The van der Waals surface area contributed by atoms with Gasteiger partial charge in [-0.2, -0.15) is 0 Å². The van der Waals surface area contributed by atoms with Gasteiger partial charge in [-0.1, -0.05) is 35.4 Å². The van der Waals surface area contributed by atoms with Crippen molar-refractivity contribution in [3.05, 3.63) is 59.1 Å². The summed E-state index contributed by atoms with van der Waals surface area (Å²) in [7, 11) is 0. The fourth-order valence-electron chi connectivity index (χ4n) is 2.48. The van der Waals surface area contributed by atoms with Gasteiger partial charge in [0.2, 0.25) is 5.91 Å². The minimum Gasteiger partial charge on any atom is -0.373 e. The van der Waals surface area contributed by atoms with Gasteiger partial charge in [0.25, 0.3) is 5.91 Å². The first-order chi connectivity index (χ1) is 10.5. The van der Waals surface area contributed by atoms with Crippen LogP contribution in [0, 0.1) is 6.92 Å². The zero-order valence-electron chi connectivity index (χ0n) is 12.0. The van der Waals surface area contributed by atoms with Gasteiger partial charge in [-0.25, -0.2) is 4.90 Å². The van der Waals surface area contributed by atoms with Crippen LogP contribution >= 0.6 is 11.6 Å². The number of nitrogens with zero attached hydrogens (tertiary/aromatic N) is 1. The summed E-state index contributed by atoms with van der Waals surface area (Å²) in [6, 6.07) is 13.9. The molecule has 1 atom stereocenters. The Hall–Kier alpha value is -2.33. The van der Waals surface area contributed by atoms with E-state index in [0.717, 1.165) is 11.3 Å². The van der Waals surface area contributed by atoms with Gasteiger partial charge in [0.05, 0.1) is 12.1 Å². The van der Waals surface area contributed by atoms with Gasteiger partial charge < -0.3 is 5.32 Å². The van der Waals surface area contributed by atoms with E-state index in [1.165, 1.54) is 4.90 Å². The molecule has 0 spiro atoms. The van der Waals surface area contributed by atoms with Gasteiger partial charge in [0.15, 0.2) is 0 Å². The summed E-state index contributed by atoms with van der Waals surface area (Å²) < 4.78 is 0. The van der Waals surface area contributed by atoms with Crippen molar-refractivity contribution in [2.24, 2.45) is 0 Å². The number of hydrogen-bond acceptors (Lipinski definition) is 3. The zero-order valence-corrected chi connectivity index (χ0v) is 12.8. The molecule has 1 fully saturated rings. The lowest BCUT2D eigenvalue weighted by atomic mass is 10.2. The van der Waals surface area contributed by atoms with Crippen LogP contribution in [0.25, 0.3) is 0 Å². The van der Waals surface area contributed by atoms with Crippen LogP contribution in [0.3, 0.4) is 0 Å². The molecule has 3 rings (SSSR count). The third kappa shape index (κ3) is 2.83. The van der Waals surface area contributed by atoms with Crippen LogP contribution in [-0.2, 0) is 9.59 Å². The summed E-state index contributed by atoms with van der Waals surface area (Å²) in [6.45, 7) is 1.99. The maximum Gasteiger partial charge on any atom is 0.256 e. The molecule has 0 unspecified atom stereocenters. The molecule has 4 nitrogen and oxygen atoms in total. The van der Waals surface area contributed by atoms with Gasteiger partial charge in [-0.15, -0.1) is 0 Å². The Bertz CT molecular complexity index is 728. The number of imide groups is 1. The van der Waals surface area contributed by atoms with Crippen molar-refractivity contribution >= 4 is 34.8 Å². The van der Waals surface area contributed by atoms with E-state index in [-0.39, 0.29) is 18.2 Å². The highest BCUT2D eigenvalue weighted by Gasteiger charge is 2.39. The molecule has 2 amide bonds. The minimum absolute atomic E-state index is 0.138. The number of benzene rings is 2. The Morgan fingerprint density at radius 3 is 2.55 bits per heavy atom. The molecule has 0 saturated carbocycles. The number of carbonyl (C=O) groups excluding carboxylic acids is 2. The van der Waals surface area contributed by atoms with Crippen LogP contribution < -0.4 is 10.2 Å². The molecule has 1 heterocycles. The molecule has 1 aliphatic heterocycles. The number of aryl methyl sites for hydroxylation is 1. The van der Waals surface area contributed by atoms with E-state index in [4.69, 9.17) is 11.6 Å². The zero-order chi connectivity index (χ0) is 15.7. The SMILES string of the molecule is Cc1ccc(N[C@@H]2CC(=O)N(c3cccc(Cl)c3)C2=O)cc1. The lowest BCUT2D eigenvalue weighted by Crippen LogP contribution is -2.34. The smallest absolute Gasteiger partial charge is 0.256 e. The molecule has 0 aliphatic carbocycles. The molecule has 0 radical (unpaired) electrons. The summed E-state index contributed by atoms with van der Waals surface area (Å²) in [5.41, 5.74) is 2.47. The first kappa shape index (κ1) is 14.6. The first-order valence-electron chi connectivity index (χ1n) is 7.00. The Morgan fingerprint density at radius 2 is 1.86 bits per heavy atom. The summed E-state index contributed by atoms with van der Waals surface area (Å²) in [6.07, 6.45) is 0.138. The summed E-state index contributed by atoms with van der Waals surface area (Å²) in [5, 5.41) is 3.61. The van der Waals surface area contributed by atoms with E-state index >= 15 is 0 Å². The van der Waals surface area contributed by atoms with Crippen LogP contribution in [0.2, 0.25) is 5.02 Å². The van der Waals surface area contributed by atoms with Crippen molar-refractivity contribution in [2.45, 2.75) is 19.4 Å². The molecular formula is C17H15ClN2O2. The number of anilines is 2. The standard InChI is InChI=1S/C17H15ClN2O2/c1-11-5-7-13(8-6-11)19-15-10-16(21)20(17(15)22)14-4-2-3-12(18)9-14/h2-9,15,19H,10H2,1H3/t15-/m1/s1. The summed E-state index contributed by atoms with van der Waals surface area (Å²) in [4.78, 5) is 25.9. The van der Waals surface area contributed by atoms with E-state index in [2.05, 4.69) is 5.32 Å². The van der Waals surface area contributed by atoms with Crippen molar-refractivity contribution in [3.8, 4) is 0 Å². The monoisotopic (exact) mass is 314 g/mol. The maximum absolute atomic E-state index is 12.5. The van der Waals surface area contributed by atoms with Crippen molar-refractivity contribution in [1.82, 2.24) is 0 Å². The summed E-state index contributed by atoms with van der Waals surface area (Å²) >= 11 is 5.93. The van der Waals surface area contributed by atoms with E-state index < -0.39 is 6.04 Å². The quantitative estimate of drug-likeness (QED) is 0.883. The van der Waals surface area contributed by atoms with Gasteiger partial charge in [0, 0.05) is 10.7 Å². The molecule has 2 aromatic carbocycles. The predicted molar refractivity (Wildman–Crippen MR) is 87.2 cm³/mol. The Morgan fingerprint density at radius 1 is 1.14 bits per heavy atom. The van der Waals surface area contributed by atoms with Crippen LogP contribution in [0.1, 0.15) is 12.0 Å². The normalized spacial score (nSPS) is 17.9. The molecule has 112 valence electrons. The van der Waals surface area contributed by atoms with Gasteiger partial charge in [-0.05, 0) is 37.3 Å². The number of halogens is 1. The van der Waals surface area contributed by atoms with E-state index in [1.54, 1.807) is 24.3 Å². The topological polar surface area (TPSA) is 49.4 Å². The second-order valence-electron chi connectivity index (χ2n) is 5.31. The molecule has 5 heteroatoms. The largest absolute Gasteiger partial charge is 0.373 e. The molecule has 0 aromatic heterocycles. The second-order valence-corrected chi connectivity index (χ2v) is 5.75. The highest BCUT2D eigenvalue weighted by atomic mass is 35.5. The van der Waals surface area contributed by atoms with Crippen molar-refractivity contribution in [2.75, 3.05) is 10.2 Å². The van der Waals surface area contributed by atoms with Gasteiger partial charge >= 0.3 is 0 Å². The number of rotatable bonds is 3. The number of nitrogens with one attached hydrogen (secondary N) is 1. The van der Waals surface area contributed by atoms with Crippen LogP contribution in [-0.4, -0.2) is 17.9 Å². The van der Waals surface area contributed by atoms with Crippen molar-refractivity contribution in [3.63, 3.8) is 0 Å². The minimum atomic E-state index is -0.547. The fourth-order valence-corrected chi connectivity index (χ4v) is 2.67. The van der Waals surface area contributed by atoms with Crippen LogP contribution in [0.5, 0.6) is 0 Å². The number of carbonyl (C=O) groups is 2. The van der Waals surface area contributed by atoms with Gasteiger partial charge in [0.1, 0.15) is 6.04 Å². The van der Waals surface area contributed by atoms with Gasteiger partial charge in [-0.3, -0.25) is 9.59 Å². The third-order valence-corrected chi connectivity index (χ3v) is 3.84. The highest BCUT2D eigenvalue weighted by molar-refractivity contribution is 6.31. The van der Waals surface area contributed by atoms with E-state index in [9.17, 15) is 9.59 Å². The molecular weight excluding hydrogens is 300 g/mol. The lowest BCUT2D eigenvalue weighted by Gasteiger charge is -2.16. The van der Waals surface area contributed by atoms with E-state index in [0.29, 0.717) is 10.7 Å².